The van der Waals surface area contributed by atoms with Gasteiger partial charge in [-0.3, -0.25) is 4.99 Å². The molecule has 1 aromatic rings. The Hall–Kier alpha value is -1.24. The summed E-state index contributed by atoms with van der Waals surface area (Å²) in [6.07, 6.45) is 12.7. The summed E-state index contributed by atoms with van der Waals surface area (Å²) in [6, 6.07) is 0.960. The first-order chi connectivity index (χ1) is 13.0. The highest BCUT2D eigenvalue weighted by molar-refractivity contribution is 7.98. The van der Waals surface area contributed by atoms with Crippen molar-refractivity contribution >= 4 is 17.7 Å². The monoisotopic (exact) mass is 394 g/mol. The minimum absolute atomic E-state index is 0.377. The fourth-order valence-electron chi connectivity index (χ4n) is 3.79. The third-order valence-corrected chi connectivity index (χ3v) is 5.90. The molecule has 6 nitrogen and oxygen atoms in total. The molecular weight excluding hydrogens is 356 g/mol. The molecule has 1 fully saturated rings. The third kappa shape index (κ3) is 7.35. The molecule has 1 atom stereocenters. The van der Waals surface area contributed by atoms with E-state index in [0.717, 1.165) is 42.7 Å². The number of aryl methyl sites for hydroxylation is 1. The van der Waals surface area contributed by atoms with E-state index in [0.29, 0.717) is 18.0 Å². The molecule has 27 heavy (non-hydrogen) atoms. The van der Waals surface area contributed by atoms with Gasteiger partial charge in [0.1, 0.15) is 5.82 Å². The van der Waals surface area contributed by atoms with Crippen molar-refractivity contribution < 1.29 is 0 Å². The van der Waals surface area contributed by atoms with E-state index in [-0.39, 0.29) is 0 Å². The highest BCUT2D eigenvalue weighted by atomic mass is 32.2. The maximum atomic E-state index is 6.04. The Morgan fingerprint density at radius 1 is 1.22 bits per heavy atom. The predicted octanol–water partition coefficient (Wildman–Crippen LogP) is 4.17. The molecule has 0 saturated heterocycles. The van der Waals surface area contributed by atoms with E-state index in [2.05, 4.69) is 52.1 Å². The minimum atomic E-state index is 0.377. The number of guanidine groups is 1. The Morgan fingerprint density at radius 3 is 2.63 bits per heavy atom. The lowest BCUT2D eigenvalue weighted by atomic mass is 10.0. The third-order valence-electron chi connectivity index (χ3n) is 5.26. The van der Waals surface area contributed by atoms with Gasteiger partial charge in [0, 0.05) is 25.0 Å². The summed E-state index contributed by atoms with van der Waals surface area (Å²) in [5.74, 6) is 2.44. The van der Waals surface area contributed by atoms with Gasteiger partial charge in [-0.05, 0) is 44.8 Å². The molecule has 1 aliphatic rings. The van der Waals surface area contributed by atoms with Gasteiger partial charge in [0.25, 0.3) is 0 Å². The van der Waals surface area contributed by atoms with E-state index in [1.807, 2.05) is 0 Å². The first-order valence-electron chi connectivity index (χ1n) is 10.6. The number of hydrogen-bond acceptors (Lipinski definition) is 4. The van der Waals surface area contributed by atoms with Gasteiger partial charge in [0.2, 0.25) is 0 Å². The fraction of sp³-hybridized carbons (Fsp3) is 0.850. The van der Waals surface area contributed by atoms with Crippen molar-refractivity contribution in [2.45, 2.75) is 95.8 Å². The number of nitrogens with zero attached hydrogens (tertiary/aromatic N) is 4. The Bertz CT molecular complexity index is 577. The van der Waals surface area contributed by atoms with E-state index in [1.54, 1.807) is 11.8 Å². The Kier molecular flexibility index (Phi) is 9.45. The zero-order valence-corrected chi connectivity index (χ0v) is 18.4. The molecule has 2 rings (SSSR count). The quantitative estimate of drug-likeness (QED) is 0.255. The van der Waals surface area contributed by atoms with Crippen LogP contribution < -0.4 is 11.1 Å². The molecule has 0 spiro atoms. The van der Waals surface area contributed by atoms with E-state index in [4.69, 9.17) is 5.73 Å². The molecular formula is C20H38N6S. The number of aromatic nitrogens is 3. The summed E-state index contributed by atoms with van der Waals surface area (Å²) in [4.78, 5) is 4.50. The van der Waals surface area contributed by atoms with E-state index in [1.165, 1.54) is 38.5 Å². The van der Waals surface area contributed by atoms with Crippen LogP contribution in [0.25, 0.3) is 0 Å². The molecule has 0 radical (unpaired) electrons. The van der Waals surface area contributed by atoms with E-state index >= 15 is 0 Å². The number of nitrogens with two attached hydrogens (primary N) is 1. The maximum absolute atomic E-state index is 6.04. The first-order valence-corrected chi connectivity index (χ1v) is 11.8. The number of hydrogen-bond donors (Lipinski definition) is 2. The zero-order valence-electron chi connectivity index (χ0n) is 17.6. The van der Waals surface area contributed by atoms with Crippen LogP contribution in [-0.4, -0.2) is 39.6 Å². The van der Waals surface area contributed by atoms with Crippen LogP contribution in [-0.2, 0) is 6.42 Å². The van der Waals surface area contributed by atoms with Crippen molar-refractivity contribution in [2.75, 3.05) is 12.8 Å². The molecule has 1 unspecified atom stereocenters. The van der Waals surface area contributed by atoms with Crippen LogP contribution in [0.15, 0.2) is 10.1 Å². The Morgan fingerprint density at radius 2 is 1.96 bits per heavy atom. The Balaban J connectivity index is 1.75. The van der Waals surface area contributed by atoms with Crippen molar-refractivity contribution in [3.8, 4) is 0 Å². The highest BCUT2D eigenvalue weighted by Gasteiger charge is 2.23. The van der Waals surface area contributed by atoms with Crippen LogP contribution in [0.1, 0.15) is 84.0 Å². The molecule has 1 aliphatic carbocycles. The van der Waals surface area contributed by atoms with Gasteiger partial charge in [-0.1, -0.05) is 51.3 Å². The molecule has 0 amide bonds. The summed E-state index contributed by atoms with van der Waals surface area (Å²) in [7, 11) is 0. The molecule has 3 N–H and O–H groups in total. The van der Waals surface area contributed by atoms with Crippen LogP contribution in [0.4, 0.5) is 0 Å². The van der Waals surface area contributed by atoms with Gasteiger partial charge in [0.15, 0.2) is 11.1 Å². The molecule has 0 aliphatic heterocycles. The average Bonchev–Trinajstić information content (AvgIpc) is 3.27. The fourth-order valence-corrected chi connectivity index (χ4v) is 4.36. The molecule has 7 heteroatoms. The second-order valence-corrected chi connectivity index (χ2v) is 8.93. The largest absolute Gasteiger partial charge is 0.370 e. The van der Waals surface area contributed by atoms with E-state index in [9.17, 15) is 0 Å². The van der Waals surface area contributed by atoms with Crippen LogP contribution in [0, 0.1) is 5.92 Å². The zero-order chi connectivity index (χ0) is 19.6. The maximum Gasteiger partial charge on any atom is 0.191 e. The summed E-state index contributed by atoms with van der Waals surface area (Å²) in [5.41, 5.74) is 6.04. The van der Waals surface area contributed by atoms with Crippen molar-refractivity contribution in [3.63, 3.8) is 0 Å². The van der Waals surface area contributed by atoms with Gasteiger partial charge >= 0.3 is 0 Å². The van der Waals surface area contributed by atoms with Crippen molar-refractivity contribution in [2.24, 2.45) is 16.6 Å². The van der Waals surface area contributed by atoms with Gasteiger partial charge in [-0.2, -0.15) is 0 Å². The molecule has 1 saturated carbocycles. The van der Waals surface area contributed by atoms with Gasteiger partial charge in [-0.15, -0.1) is 10.2 Å². The molecule has 0 bridgehead atoms. The first kappa shape index (κ1) is 22.1. The molecule has 1 aromatic heterocycles. The lowest BCUT2D eigenvalue weighted by Gasteiger charge is -2.16. The minimum Gasteiger partial charge on any atom is -0.370 e. The standard InChI is InChI=1S/C20H38N6S/c1-15(2)9-7-10-16(3)23-19(21)22-14-8-13-18-24-25-20(27-4)26(18)17-11-5-6-12-17/h15-17H,5-14H2,1-4H3,(H3,21,22,23). The summed E-state index contributed by atoms with van der Waals surface area (Å²) >= 11 is 1.69. The van der Waals surface area contributed by atoms with Gasteiger partial charge in [0.05, 0.1) is 0 Å². The smallest absolute Gasteiger partial charge is 0.191 e. The number of rotatable bonds is 11. The highest BCUT2D eigenvalue weighted by Crippen LogP contribution is 2.33. The van der Waals surface area contributed by atoms with Crippen LogP contribution in [0.5, 0.6) is 0 Å². The number of thioether (sulfide) groups is 1. The van der Waals surface area contributed by atoms with Crippen molar-refractivity contribution in [1.82, 2.24) is 20.1 Å². The van der Waals surface area contributed by atoms with E-state index < -0.39 is 0 Å². The molecule has 0 aromatic carbocycles. The molecule has 1 heterocycles. The van der Waals surface area contributed by atoms with Crippen LogP contribution in [0.2, 0.25) is 0 Å². The average molecular weight is 395 g/mol. The van der Waals surface area contributed by atoms with Gasteiger partial charge < -0.3 is 15.6 Å². The second-order valence-electron chi connectivity index (χ2n) is 8.15. The van der Waals surface area contributed by atoms with Crippen molar-refractivity contribution in [1.29, 1.82) is 0 Å². The number of aliphatic imine (C=N–C) groups is 1. The summed E-state index contributed by atoms with van der Waals surface area (Å²) in [6.45, 7) is 7.44. The second kappa shape index (κ2) is 11.6. The predicted molar refractivity (Wildman–Crippen MR) is 115 cm³/mol. The molecule has 154 valence electrons. The van der Waals surface area contributed by atoms with Crippen LogP contribution >= 0.6 is 11.8 Å². The SMILES string of the molecule is CSc1nnc(CCCN=C(N)NC(C)CCCC(C)C)n1C1CCCC1. The summed E-state index contributed by atoms with van der Waals surface area (Å²) < 4.78 is 2.37. The van der Waals surface area contributed by atoms with Crippen molar-refractivity contribution in [3.05, 3.63) is 5.82 Å². The lowest BCUT2D eigenvalue weighted by Crippen LogP contribution is -2.38. The normalized spacial score (nSPS) is 17.0. The van der Waals surface area contributed by atoms with Gasteiger partial charge in [-0.25, -0.2) is 0 Å². The topological polar surface area (TPSA) is 81.1 Å². The lowest BCUT2D eigenvalue weighted by molar-refractivity contribution is 0.461. The number of nitrogens with one attached hydrogen (secondary N) is 1. The van der Waals surface area contributed by atoms with Crippen LogP contribution in [0.3, 0.4) is 0 Å². The summed E-state index contributed by atoms with van der Waals surface area (Å²) in [5, 5.41) is 13.2. The Labute approximate surface area is 169 Å².